The average Bonchev–Trinajstić information content (AvgIpc) is 3.26. The zero-order valence-corrected chi connectivity index (χ0v) is 21.0. The molecule has 37 heavy (non-hydrogen) atoms. The first-order chi connectivity index (χ1) is 17.3. The van der Waals surface area contributed by atoms with Crippen LogP contribution < -0.4 is 10.1 Å². The Labute approximate surface area is 212 Å². The van der Waals surface area contributed by atoms with Crippen LogP contribution in [-0.4, -0.2) is 57.2 Å². The van der Waals surface area contributed by atoms with E-state index < -0.39 is 23.2 Å². The molecular weight excluding hydrogens is 489 g/mol. The third-order valence-electron chi connectivity index (χ3n) is 5.60. The minimum atomic E-state index is -4.54. The molecule has 0 aliphatic carbocycles. The number of aryl methyl sites for hydroxylation is 1. The van der Waals surface area contributed by atoms with Gasteiger partial charge in [0.2, 0.25) is 6.41 Å². The number of halogens is 3. The first-order valence-corrected chi connectivity index (χ1v) is 11.5. The van der Waals surface area contributed by atoms with Crippen LogP contribution in [0, 0.1) is 6.92 Å². The third kappa shape index (κ3) is 6.88. The molecule has 3 rings (SSSR count). The lowest BCUT2D eigenvalue weighted by atomic mass is 9.93. The van der Waals surface area contributed by atoms with Crippen LogP contribution >= 0.6 is 0 Å². The molecular formula is C26H29F3N4O4. The van der Waals surface area contributed by atoms with Crippen molar-refractivity contribution in [3.8, 4) is 5.75 Å². The van der Waals surface area contributed by atoms with Crippen molar-refractivity contribution in [2.24, 2.45) is 0 Å². The number of aliphatic hydroxyl groups is 1. The van der Waals surface area contributed by atoms with Gasteiger partial charge in [-0.2, -0.15) is 13.2 Å². The van der Waals surface area contributed by atoms with E-state index in [0.29, 0.717) is 17.7 Å². The summed E-state index contributed by atoms with van der Waals surface area (Å²) in [5.74, 6) is -0.380. The molecule has 1 aromatic carbocycles. The number of aliphatic hydroxyl groups excluding tert-OH is 1. The van der Waals surface area contributed by atoms with Gasteiger partial charge in [0.15, 0.2) is 0 Å². The lowest BCUT2D eigenvalue weighted by molar-refractivity contribution is -0.137. The van der Waals surface area contributed by atoms with Crippen molar-refractivity contribution < 1.29 is 32.6 Å². The van der Waals surface area contributed by atoms with Gasteiger partial charge in [0.1, 0.15) is 17.0 Å². The van der Waals surface area contributed by atoms with Gasteiger partial charge >= 0.3 is 6.18 Å². The van der Waals surface area contributed by atoms with Crippen LogP contribution in [0.15, 0.2) is 54.6 Å². The molecule has 2 heterocycles. The minimum absolute atomic E-state index is 0.0450. The number of fused-ring (bicyclic) bond motifs is 1. The SMILES string of the molecule is C/C(=C\C=C(\C(=O)NCC1=CC(C)(C)Oc2ccc(C(F)(F)F)cc21)N(C=O)CCO)n1cnc(C)c1. The van der Waals surface area contributed by atoms with E-state index in [2.05, 4.69) is 10.3 Å². The number of aromatic nitrogens is 2. The number of amides is 2. The van der Waals surface area contributed by atoms with Gasteiger partial charge in [-0.1, -0.05) is 0 Å². The van der Waals surface area contributed by atoms with E-state index in [1.807, 2.05) is 6.92 Å². The van der Waals surface area contributed by atoms with Crippen LogP contribution in [0.4, 0.5) is 13.2 Å². The van der Waals surface area contributed by atoms with E-state index in [4.69, 9.17) is 4.74 Å². The second kappa shape index (κ2) is 11.0. The van der Waals surface area contributed by atoms with Crippen LogP contribution in [0.2, 0.25) is 0 Å². The fourth-order valence-electron chi connectivity index (χ4n) is 3.81. The Hall–Kier alpha value is -3.86. The van der Waals surface area contributed by atoms with E-state index in [-0.39, 0.29) is 36.7 Å². The lowest BCUT2D eigenvalue weighted by Gasteiger charge is -2.32. The van der Waals surface area contributed by atoms with Crippen molar-refractivity contribution >= 4 is 23.6 Å². The van der Waals surface area contributed by atoms with Crippen molar-refractivity contribution in [3.63, 3.8) is 0 Å². The molecule has 11 heteroatoms. The number of carbonyl (C=O) groups excluding carboxylic acids is 2. The van der Waals surface area contributed by atoms with Crippen molar-refractivity contribution in [2.45, 2.75) is 39.5 Å². The number of imidazole rings is 1. The maximum absolute atomic E-state index is 13.3. The summed E-state index contributed by atoms with van der Waals surface area (Å²) in [5.41, 5.74) is 0.461. The Kier molecular flexibility index (Phi) is 8.27. The summed E-state index contributed by atoms with van der Waals surface area (Å²) in [5, 5.41) is 12.0. The zero-order chi connectivity index (χ0) is 27.4. The van der Waals surface area contributed by atoms with Gasteiger partial charge in [-0.05, 0) is 69.7 Å². The van der Waals surface area contributed by atoms with E-state index in [1.165, 1.54) is 12.1 Å². The average molecular weight is 519 g/mol. The summed E-state index contributed by atoms with van der Waals surface area (Å²) in [4.78, 5) is 30.0. The van der Waals surface area contributed by atoms with Crippen LogP contribution in [0.3, 0.4) is 0 Å². The summed E-state index contributed by atoms with van der Waals surface area (Å²) in [6.45, 7) is 6.50. The summed E-state index contributed by atoms with van der Waals surface area (Å²) in [7, 11) is 0. The first kappa shape index (κ1) is 27.7. The number of alkyl halides is 3. The molecule has 8 nitrogen and oxygen atoms in total. The molecule has 0 radical (unpaired) electrons. The summed E-state index contributed by atoms with van der Waals surface area (Å²) >= 11 is 0. The van der Waals surface area contributed by atoms with E-state index >= 15 is 0 Å². The number of nitrogens with zero attached hydrogens (tertiary/aromatic N) is 3. The lowest BCUT2D eigenvalue weighted by Crippen LogP contribution is -2.37. The van der Waals surface area contributed by atoms with Gasteiger partial charge in [0, 0.05) is 30.5 Å². The van der Waals surface area contributed by atoms with Crippen LogP contribution in [-0.2, 0) is 15.8 Å². The molecule has 2 aromatic rings. The third-order valence-corrected chi connectivity index (χ3v) is 5.60. The van der Waals surface area contributed by atoms with Crippen LogP contribution in [0.25, 0.3) is 11.3 Å². The van der Waals surface area contributed by atoms with Crippen molar-refractivity contribution in [1.29, 1.82) is 0 Å². The van der Waals surface area contributed by atoms with Crippen LogP contribution in [0.1, 0.15) is 37.6 Å². The van der Waals surface area contributed by atoms with Gasteiger partial charge in [-0.15, -0.1) is 0 Å². The number of carbonyl (C=O) groups is 2. The largest absolute Gasteiger partial charge is 0.483 e. The van der Waals surface area contributed by atoms with E-state index in [0.717, 1.165) is 22.7 Å². The molecule has 1 aromatic heterocycles. The topological polar surface area (TPSA) is 96.7 Å². The highest BCUT2D eigenvalue weighted by Crippen LogP contribution is 2.39. The molecule has 0 atom stereocenters. The van der Waals surface area contributed by atoms with Gasteiger partial charge in [0.05, 0.1) is 24.2 Å². The number of hydrogen-bond acceptors (Lipinski definition) is 5. The van der Waals surface area contributed by atoms with Crippen molar-refractivity contribution in [3.05, 3.63) is 71.5 Å². The molecule has 0 saturated heterocycles. The highest BCUT2D eigenvalue weighted by Gasteiger charge is 2.34. The van der Waals surface area contributed by atoms with E-state index in [1.54, 1.807) is 50.0 Å². The fourth-order valence-corrected chi connectivity index (χ4v) is 3.81. The number of hydrogen-bond donors (Lipinski definition) is 2. The maximum Gasteiger partial charge on any atom is 0.416 e. The Balaban J connectivity index is 1.90. The number of ether oxygens (including phenoxy) is 1. The first-order valence-electron chi connectivity index (χ1n) is 11.5. The highest BCUT2D eigenvalue weighted by atomic mass is 19.4. The van der Waals surface area contributed by atoms with Gasteiger partial charge in [-0.25, -0.2) is 4.98 Å². The summed E-state index contributed by atoms with van der Waals surface area (Å²) in [6, 6.07) is 3.20. The minimum Gasteiger partial charge on any atom is -0.483 e. The number of rotatable bonds is 9. The molecule has 0 spiro atoms. The second-order valence-corrected chi connectivity index (χ2v) is 9.07. The van der Waals surface area contributed by atoms with Gasteiger partial charge < -0.3 is 24.6 Å². The molecule has 2 amide bonds. The monoisotopic (exact) mass is 518 g/mol. The molecule has 0 bridgehead atoms. The number of nitrogens with one attached hydrogen (secondary N) is 1. The summed E-state index contributed by atoms with van der Waals surface area (Å²) < 4.78 is 47.5. The Morgan fingerprint density at radius 3 is 2.62 bits per heavy atom. The fraction of sp³-hybridized carbons (Fsp3) is 0.346. The van der Waals surface area contributed by atoms with Gasteiger partial charge in [-0.3, -0.25) is 9.59 Å². The Morgan fingerprint density at radius 2 is 2.03 bits per heavy atom. The smallest absolute Gasteiger partial charge is 0.416 e. The molecule has 1 aliphatic heterocycles. The number of allylic oxidation sites excluding steroid dienone is 3. The van der Waals surface area contributed by atoms with Crippen LogP contribution in [0.5, 0.6) is 5.75 Å². The van der Waals surface area contributed by atoms with E-state index in [9.17, 15) is 27.9 Å². The molecule has 0 fully saturated rings. The normalized spacial score (nSPS) is 15.4. The second-order valence-electron chi connectivity index (χ2n) is 9.07. The summed E-state index contributed by atoms with van der Waals surface area (Å²) in [6.07, 6.45) is 3.97. The highest BCUT2D eigenvalue weighted by molar-refractivity contribution is 5.96. The van der Waals surface area contributed by atoms with Crippen molar-refractivity contribution in [1.82, 2.24) is 19.8 Å². The molecule has 0 unspecified atom stereocenters. The maximum atomic E-state index is 13.3. The van der Waals surface area contributed by atoms with Gasteiger partial charge in [0.25, 0.3) is 5.91 Å². The molecule has 2 N–H and O–H groups in total. The Morgan fingerprint density at radius 1 is 1.30 bits per heavy atom. The quantitative estimate of drug-likeness (QED) is 0.299. The standard InChI is InChI=1S/C26H29F3N4O4/c1-17-14-33(15-31-17)18(2)5-7-22(32(16-35)9-10-34)24(36)30-13-19-12-25(3,4)37-23-8-6-20(11-21(19)23)26(27,28)29/h5-8,11-12,14-16,34H,9-10,13H2,1-4H3,(H,30,36)/b18-5+,22-7-. The molecule has 198 valence electrons. The predicted octanol–water partition coefficient (Wildman–Crippen LogP) is 3.78. The molecule has 1 aliphatic rings. The zero-order valence-electron chi connectivity index (χ0n) is 21.0. The van der Waals surface area contributed by atoms with Crippen molar-refractivity contribution in [2.75, 3.05) is 19.7 Å². The predicted molar refractivity (Wildman–Crippen MR) is 132 cm³/mol. The molecule has 0 saturated carbocycles. The Bertz CT molecular complexity index is 1260. The number of benzene rings is 1.